The van der Waals surface area contributed by atoms with Gasteiger partial charge >= 0.3 is 0 Å². The molecular formula is C25H26N2O6. The van der Waals surface area contributed by atoms with Crippen LogP contribution in [0.2, 0.25) is 0 Å². The fraction of sp³-hybridized carbons (Fsp3) is 0.200. The SMILES string of the molecule is COc1cc(OC)c(OC)cc1/C=N/NC(=O)COc1ccc(OCc2ccccc2)cc1. The number of carbonyl (C=O) groups excluding carboxylic acids is 1. The van der Waals surface area contributed by atoms with Crippen LogP contribution in [0, 0.1) is 0 Å². The van der Waals surface area contributed by atoms with E-state index in [-0.39, 0.29) is 6.61 Å². The molecular weight excluding hydrogens is 424 g/mol. The molecule has 0 spiro atoms. The minimum absolute atomic E-state index is 0.190. The molecule has 0 saturated heterocycles. The monoisotopic (exact) mass is 450 g/mol. The first-order valence-corrected chi connectivity index (χ1v) is 10.1. The number of benzene rings is 3. The molecule has 8 heteroatoms. The van der Waals surface area contributed by atoms with Gasteiger partial charge in [0.15, 0.2) is 18.1 Å². The summed E-state index contributed by atoms with van der Waals surface area (Å²) in [5.41, 5.74) is 4.12. The van der Waals surface area contributed by atoms with Gasteiger partial charge in [0.2, 0.25) is 0 Å². The van der Waals surface area contributed by atoms with Gasteiger partial charge in [-0.1, -0.05) is 30.3 Å². The van der Waals surface area contributed by atoms with Crippen molar-refractivity contribution in [3.63, 3.8) is 0 Å². The van der Waals surface area contributed by atoms with Gasteiger partial charge in [0, 0.05) is 11.6 Å². The van der Waals surface area contributed by atoms with E-state index < -0.39 is 5.91 Å². The van der Waals surface area contributed by atoms with Gasteiger partial charge in [-0.15, -0.1) is 0 Å². The van der Waals surface area contributed by atoms with Crippen molar-refractivity contribution < 1.29 is 28.5 Å². The number of rotatable bonds is 11. The zero-order chi connectivity index (χ0) is 23.5. The average Bonchev–Trinajstić information content (AvgIpc) is 2.87. The number of hydrazone groups is 1. The van der Waals surface area contributed by atoms with Crippen LogP contribution in [-0.2, 0) is 11.4 Å². The third-order valence-electron chi connectivity index (χ3n) is 4.57. The average molecular weight is 450 g/mol. The van der Waals surface area contributed by atoms with Gasteiger partial charge in [0.05, 0.1) is 27.5 Å². The lowest BCUT2D eigenvalue weighted by molar-refractivity contribution is -0.123. The largest absolute Gasteiger partial charge is 0.496 e. The van der Waals surface area contributed by atoms with E-state index in [9.17, 15) is 4.79 Å². The maximum absolute atomic E-state index is 12.1. The van der Waals surface area contributed by atoms with Crippen molar-refractivity contribution in [2.75, 3.05) is 27.9 Å². The number of amides is 1. The molecule has 0 unspecified atom stereocenters. The molecule has 0 atom stereocenters. The van der Waals surface area contributed by atoms with Crippen molar-refractivity contribution in [3.8, 4) is 28.7 Å². The van der Waals surface area contributed by atoms with E-state index >= 15 is 0 Å². The Kier molecular flexibility index (Phi) is 8.53. The van der Waals surface area contributed by atoms with E-state index in [4.69, 9.17) is 23.7 Å². The van der Waals surface area contributed by atoms with Gasteiger partial charge in [-0.3, -0.25) is 4.79 Å². The summed E-state index contributed by atoms with van der Waals surface area (Å²) in [6, 6.07) is 20.3. The fourth-order valence-electron chi connectivity index (χ4n) is 2.88. The Bertz CT molecular complexity index is 1070. The highest BCUT2D eigenvalue weighted by atomic mass is 16.5. The van der Waals surface area contributed by atoms with E-state index in [0.717, 1.165) is 5.56 Å². The Morgan fingerprint density at radius 1 is 0.818 bits per heavy atom. The summed E-state index contributed by atoms with van der Waals surface area (Å²) in [4.78, 5) is 12.1. The number of nitrogens with one attached hydrogen (secondary N) is 1. The standard InChI is InChI=1S/C25H26N2O6/c1-29-22-14-24(31-3)23(30-2)13-19(22)15-26-27-25(28)17-33-21-11-9-20(10-12-21)32-16-18-7-5-4-6-8-18/h4-15H,16-17H2,1-3H3,(H,27,28)/b26-15+. The van der Waals surface area contributed by atoms with Gasteiger partial charge in [-0.25, -0.2) is 5.43 Å². The zero-order valence-corrected chi connectivity index (χ0v) is 18.7. The first kappa shape index (κ1) is 23.5. The van der Waals surface area contributed by atoms with Crippen LogP contribution in [0.25, 0.3) is 0 Å². The van der Waals surface area contributed by atoms with Crippen molar-refractivity contribution in [3.05, 3.63) is 77.9 Å². The first-order valence-electron chi connectivity index (χ1n) is 10.1. The highest BCUT2D eigenvalue weighted by Gasteiger charge is 2.10. The molecule has 3 rings (SSSR count). The van der Waals surface area contributed by atoms with Gasteiger partial charge in [0.25, 0.3) is 5.91 Å². The van der Waals surface area contributed by atoms with Crippen LogP contribution in [0.3, 0.4) is 0 Å². The molecule has 0 radical (unpaired) electrons. The minimum atomic E-state index is -0.407. The van der Waals surface area contributed by atoms with Crippen LogP contribution in [0.1, 0.15) is 11.1 Å². The topological polar surface area (TPSA) is 87.6 Å². The predicted molar refractivity (Wildman–Crippen MR) is 125 cm³/mol. The van der Waals surface area contributed by atoms with Crippen LogP contribution in [-0.4, -0.2) is 40.1 Å². The maximum atomic E-state index is 12.1. The quantitative estimate of drug-likeness (QED) is 0.353. The molecule has 172 valence electrons. The molecule has 0 fully saturated rings. The Morgan fingerprint density at radius 3 is 2.06 bits per heavy atom. The molecule has 3 aromatic rings. The number of ether oxygens (including phenoxy) is 5. The smallest absolute Gasteiger partial charge is 0.277 e. The second-order valence-corrected chi connectivity index (χ2v) is 6.78. The van der Waals surface area contributed by atoms with Crippen molar-refractivity contribution in [1.82, 2.24) is 5.43 Å². The normalized spacial score (nSPS) is 10.5. The third kappa shape index (κ3) is 6.90. The van der Waals surface area contributed by atoms with Crippen LogP contribution in [0.5, 0.6) is 28.7 Å². The lowest BCUT2D eigenvalue weighted by Crippen LogP contribution is -2.24. The first-order chi connectivity index (χ1) is 16.1. The molecule has 0 aliphatic rings. The van der Waals surface area contributed by atoms with Crippen molar-refractivity contribution in [2.45, 2.75) is 6.61 Å². The Hall–Kier alpha value is -4.20. The van der Waals surface area contributed by atoms with E-state index in [1.165, 1.54) is 27.5 Å². The molecule has 0 heterocycles. The Labute approximate surface area is 192 Å². The molecule has 1 N–H and O–H groups in total. The summed E-state index contributed by atoms with van der Waals surface area (Å²) in [6.07, 6.45) is 1.46. The predicted octanol–water partition coefficient (Wildman–Crippen LogP) is 3.82. The number of carbonyl (C=O) groups is 1. The molecule has 0 aliphatic carbocycles. The summed E-state index contributed by atoms with van der Waals surface area (Å²) in [5, 5.41) is 3.96. The van der Waals surface area contributed by atoms with Crippen molar-refractivity contribution >= 4 is 12.1 Å². The van der Waals surface area contributed by atoms with Gasteiger partial charge in [-0.05, 0) is 35.9 Å². The third-order valence-corrected chi connectivity index (χ3v) is 4.57. The fourth-order valence-corrected chi connectivity index (χ4v) is 2.88. The number of methoxy groups -OCH3 is 3. The zero-order valence-electron chi connectivity index (χ0n) is 18.7. The summed E-state index contributed by atoms with van der Waals surface area (Å²) >= 11 is 0. The van der Waals surface area contributed by atoms with Crippen molar-refractivity contribution in [1.29, 1.82) is 0 Å². The second-order valence-electron chi connectivity index (χ2n) is 6.78. The lowest BCUT2D eigenvalue weighted by atomic mass is 10.2. The number of nitrogens with zero attached hydrogens (tertiary/aromatic N) is 1. The van der Waals surface area contributed by atoms with Crippen LogP contribution >= 0.6 is 0 Å². The highest BCUT2D eigenvalue weighted by Crippen LogP contribution is 2.33. The second kappa shape index (κ2) is 12.0. The molecule has 0 bridgehead atoms. The van der Waals surface area contributed by atoms with Crippen LogP contribution in [0.4, 0.5) is 0 Å². The lowest BCUT2D eigenvalue weighted by Gasteiger charge is -2.11. The minimum Gasteiger partial charge on any atom is -0.496 e. The Morgan fingerprint density at radius 2 is 1.42 bits per heavy atom. The molecule has 0 aliphatic heterocycles. The van der Waals surface area contributed by atoms with Crippen molar-refractivity contribution in [2.24, 2.45) is 5.10 Å². The highest BCUT2D eigenvalue weighted by molar-refractivity contribution is 5.86. The van der Waals surface area contributed by atoms with E-state index in [0.29, 0.717) is 40.9 Å². The van der Waals surface area contributed by atoms with Gasteiger partial charge in [-0.2, -0.15) is 5.10 Å². The van der Waals surface area contributed by atoms with Crippen LogP contribution in [0.15, 0.2) is 71.8 Å². The molecule has 0 saturated carbocycles. The molecule has 33 heavy (non-hydrogen) atoms. The summed E-state index contributed by atoms with van der Waals surface area (Å²) in [6.45, 7) is 0.289. The Balaban J connectivity index is 1.48. The molecule has 8 nitrogen and oxygen atoms in total. The summed E-state index contributed by atoms with van der Waals surface area (Å²) in [5.74, 6) is 2.42. The molecule has 3 aromatic carbocycles. The molecule has 1 amide bonds. The number of hydrogen-bond donors (Lipinski definition) is 1. The maximum Gasteiger partial charge on any atom is 0.277 e. The van der Waals surface area contributed by atoms with Gasteiger partial charge in [0.1, 0.15) is 23.9 Å². The van der Waals surface area contributed by atoms with E-state index in [1.807, 2.05) is 30.3 Å². The molecule has 0 aromatic heterocycles. The summed E-state index contributed by atoms with van der Waals surface area (Å²) in [7, 11) is 4.60. The van der Waals surface area contributed by atoms with E-state index in [1.54, 1.807) is 36.4 Å². The number of hydrogen-bond acceptors (Lipinski definition) is 7. The van der Waals surface area contributed by atoms with Gasteiger partial charge < -0.3 is 23.7 Å². The summed E-state index contributed by atoms with van der Waals surface area (Å²) < 4.78 is 27.1. The van der Waals surface area contributed by atoms with E-state index in [2.05, 4.69) is 10.5 Å². The van der Waals surface area contributed by atoms with Crippen LogP contribution < -0.4 is 29.1 Å².